The third kappa shape index (κ3) is 5.81. The Bertz CT molecular complexity index is 1240. The number of hydrogen-bond acceptors (Lipinski definition) is 8. The highest BCUT2D eigenvalue weighted by atomic mass is 16.5. The predicted molar refractivity (Wildman–Crippen MR) is 146 cm³/mol. The summed E-state index contributed by atoms with van der Waals surface area (Å²) in [5, 5.41) is 3.31. The lowest BCUT2D eigenvalue weighted by Crippen LogP contribution is -2.35. The van der Waals surface area contributed by atoms with E-state index in [0.717, 1.165) is 88.3 Å². The molecule has 0 aliphatic carbocycles. The fraction of sp³-hybridized carbons (Fsp3) is 0.593. The van der Waals surface area contributed by atoms with Crippen LogP contribution in [0.3, 0.4) is 0 Å². The van der Waals surface area contributed by atoms with Crippen LogP contribution in [0.15, 0.2) is 35.3 Å². The fourth-order valence-electron chi connectivity index (χ4n) is 5.50. The van der Waals surface area contributed by atoms with Gasteiger partial charge in [-0.3, -0.25) is 14.0 Å². The normalized spacial score (nSPS) is 20.7. The number of fused-ring (bicyclic) bond motifs is 1. The van der Waals surface area contributed by atoms with Crippen LogP contribution in [-0.4, -0.2) is 87.9 Å². The molecule has 200 valence electrons. The Hall–Kier alpha value is -2.95. The van der Waals surface area contributed by atoms with E-state index >= 15 is 0 Å². The van der Waals surface area contributed by atoms with Crippen LogP contribution in [-0.2, 0) is 6.54 Å². The van der Waals surface area contributed by atoms with Gasteiger partial charge in [0.15, 0.2) is 5.65 Å². The van der Waals surface area contributed by atoms with Crippen molar-refractivity contribution in [2.45, 2.75) is 51.2 Å². The van der Waals surface area contributed by atoms with E-state index in [2.05, 4.69) is 27.0 Å². The van der Waals surface area contributed by atoms with Gasteiger partial charge in [0, 0.05) is 45.3 Å². The van der Waals surface area contributed by atoms with Gasteiger partial charge in [0.1, 0.15) is 11.3 Å². The molecule has 2 aliphatic rings. The number of likely N-dealkylation sites (tertiary alicyclic amines) is 2. The van der Waals surface area contributed by atoms with Crippen LogP contribution in [0.4, 0.5) is 5.95 Å². The van der Waals surface area contributed by atoms with Crippen molar-refractivity contribution in [3.63, 3.8) is 0 Å². The number of unbranched alkanes of at least 4 members (excludes halogenated alkanes) is 1. The largest absolute Gasteiger partial charge is 0.497 e. The van der Waals surface area contributed by atoms with Gasteiger partial charge in [-0.15, -0.1) is 0 Å². The van der Waals surface area contributed by atoms with E-state index in [0.29, 0.717) is 24.2 Å². The van der Waals surface area contributed by atoms with Crippen molar-refractivity contribution in [1.82, 2.24) is 28.9 Å². The average molecular weight is 509 g/mol. The second-order valence-corrected chi connectivity index (χ2v) is 10.4. The lowest BCUT2D eigenvalue weighted by molar-refractivity contribution is 0.250. The highest BCUT2D eigenvalue weighted by Crippen LogP contribution is 2.25. The number of aromatic nitrogens is 4. The molecular weight excluding hydrogens is 468 g/mol. The summed E-state index contributed by atoms with van der Waals surface area (Å²) >= 11 is 0. The van der Waals surface area contributed by atoms with Crippen molar-refractivity contribution in [2.75, 3.05) is 58.2 Å². The molecule has 2 aromatic heterocycles. The minimum absolute atomic E-state index is 0.0248. The van der Waals surface area contributed by atoms with Crippen molar-refractivity contribution in [3.8, 4) is 5.75 Å². The monoisotopic (exact) mass is 508 g/mol. The number of methoxy groups -OCH3 is 1. The van der Waals surface area contributed by atoms with Crippen LogP contribution < -0.4 is 21.5 Å². The Kier molecular flexibility index (Phi) is 8.07. The quantitative estimate of drug-likeness (QED) is 0.380. The van der Waals surface area contributed by atoms with Crippen LogP contribution in [0.2, 0.25) is 0 Å². The first-order valence-corrected chi connectivity index (χ1v) is 13.6. The topological polar surface area (TPSA) is 106 Å². The van der Waals surface area contributed by atoms with Crippen LogP contribution in [0.5, 0.6) is 5.75 Å². The molecule has 2 aliphatic heterocycles. The molecule has 1 aromatic carbocycles. The molecule has 2 saturated heterocycles. The summed E-state index contributed by atoms with van der Waals surface area (Å²) in [7, 11) is 1.65. The third-order valence-electron chi connectivity index (χ3n) is 7.67. The Morgan fingerprint density at radius 2 is 1.86 bits per heavy atom. The summed E-state index contributed by atoms with van der Waals surface area (Å²) < 4.78 is 9.02. The van der Waals surface area contributed by atoms with E-state index in [4.69, 9.17) is 15.5 Å². The van der Waals surface area contributed by atoms with E-state index < -0.39 is 0 Å². The standard InChI is InChI=1S/C27H40N8O2/c1-3-4-11-29-26-30-16-24-25(31-26)34(17-20-5-7-23(37-2)8-6-20)27(36)35(24)22-10-13-33(19-22)15-14-32-12-9-21(28)18-32/h5-8,16,21-22H,3-4,9-15,17-19,28H2,1-2H3,(H,29,30,31). The van der Waals surface area contributed by atoms with Crippen molar-refractivity contribution < 1.29 is 4.74 Å². The number of ether oxygens (including phenoxy) is 1. The van der Waals surface area contributed by atoms with Crippen LogP contribution in [0, 0.1) is 0 Å². The molecule has 0 spiro atoms. The number of rotatable bonds is 11. The van der Waals surface area contributed by atoms with E-state index in [1.165, 1.54) is 0 Å². The number of nitrogens with one attached hydrogen (secondary N) is 1. The Labute approximate surface area is 218 Å². The molecule has 2 fully saturated rings. The van der Waals surface area contributed by atoms with Gasteiger partial charge >= 0.3 is 5.69 Å². The maximum absolute atomic E-state index is 13.9. The summed E-state index contributed by atoms with van der Waals surface area (Å²) in [6.45, 7) is 9.37. The first kappa shape index (κ1) is 25.7. The molecule has 10 nitrogen and oxygen atoms in total. The second kappa shape index (κ2) is 11.6. The molecule has 5 rings (SSSR count). The summed E-state index contributed by atoms with van der Waals surface area (Å²) in [5.41, 5.74) is 8.56. The minimum Gasteiger partial charge on any atom is -0.497 e. The summed E-state index contributed by atoms with van der Waals surface area (Å²) in [6, 6.07) is 8.26. The van der Waals surface area contributed by atoms with Gasteiger partial charge in [-0.05, 0) is 43.5 Å². The van der Waals surface area contributed by atoms with Gasteiger partial charge in [0.05, 0.1) is 25.9 Å². The van der Waals surface area contributed by atoms with Gasteiger partial charge in [0.2, 0.25) is 5.95 Å². The van der Waals surface area contributed by atoms with Crippen LogP contribution in [0.25, 0.3) is 11.2 Å². The summed E-state index contributed by atoms with van der Waals surface area (Å²) in [4.78, 5) is 28.1. The molecule has 3 aromatic rings. The molecule has 3 N–H and O–H groups in total. The number of anilines is 1. The zero-order valence-corrected chi connectivity index (χ0v) is 22.1. The highest BCUT2D eigenvalue weighted by Gasteiger charge is 2.29. The summed E-state index contributed by atoms with van der Waals surface area (Å²) in [6.07, 6.45) is 5.98. The molecule has 10 heteroatoms. The smallest absolute Gasteiger partial charge is 0.330 e. The lowest BCUT2D eigenvalue weighted by atomic mass is 10.2. The van der Waals surface area contributed by atoms with Crippen molar-refractivity contribution in [2.24, 2.45) is 5.73 Å². The highest BCUT2D eigenvalue weighted by molar-refractivity contribution is 5.72. The van der Waals surface area contributed by atoms with Crippen LogP contribution in [0.1, 0.15) is 44.2 Å². The molecule has 0 bridgehead atoms. The van der Waals surface area contributed by atoms with Crippen molar-refractivity contribution in [1.29, 1.82) is 0 Å². The molecular formula is C27H40N8O2. The van der Waals surface area contributed by atoms with Crippen molar-refractivity contribution in [3.05, 3.63) is 46.5 Å². The third-order valence-corrected chi connectivity index (χ3v) is 7.67. The number of benzene rings is 1. The molecule has 37 heavy (non-hydrogen) atoms. The maximum Gasteiger partial charge on any atom is 0.330 e. The molecule has 4 heterocycles. The predicted octanol–water partition coefficient (Wildman–Crippen LogP) is 2.14. The minimum atomic E-state index is -0.0248. The average Bonchev–Trinajstić information content (AvgIpc) is 3.61. The van der Waals surface area contributed by atoms with E-state index in [9.17, 15) is 4.79 Å². The molecule has 2 atom stereocenters. The van der Waals surface area contributed by atoms with Crippen molar-refractivity contribution >= 4 is 17.1 Å². The Morgan fingerprint density at radius 1 is 1.11 bits per heavy atom. The Morgan fingerprint density at radius 3 is 2.57 bits per heavy atom. The lowest BCUT2D eigenvalue weighted by Gasteiger charge is -2.21. The maximum atomic E-state index is 13.9. The fourth-order valence-corrected chi connectivity index (χ4v) is 5.50. The van der Waals surface area contributed by atoms with E-state index in [1.54, 1.807) is 11.7 Å². The van der Waals surface area contributed by atoms with E-state index in [1.807, 2.05) is 35.0 Å². The number of nitrogens with zero attached hydrogens (tertiary/aromatic N) is 6. The number of imidazole rings is 1. The second-order valence-electron chi connectivity index (χ2n) is 10.4. The first-order chi connectivity index (χ1) is 18.1. The number of hydrogen-bond donors (Lipinski definition) is 2. The van der Waals surface area contributed by atoms with Gasteiger partial charge in [-0.2, -0.15) is 4.98 Å². The van der Waals surface area contributed by atoms with Gasteiger partial charge in [0.25, 0.3) is 0 Å². The SMILES string of the molecule is CCCCNc1ncc2c(n1)n(Cc1ccc(OC)cc1)c(=O)n2C1CCN(CCN2CCC(N)C2)C1. The molecule has 0 radical (unpaired) electrons. The first-order valence-electron chi connectivity index (χ1n) is 13.6. The Balaban J connectivity index is 1.39. The zero-order valence-electron chi connectivity index (χ0n) is 22.1. The molecule has 0 amide bonds. The van der Waals surface area contributed by atoms with E-state index in [-0.39, 0.29) is 11.7 Å². The van der Waals surface area contributed by atoms with Gasteiger partial charge < -0.3 is 20.7 Å². The zero-order chi connectivity index (χ0) is 25.8. The van der Waals surface area contributed by atoms with Gasteiger partial charge in [-0.25, -0.2) is 9.78 Å². The number of nitrogens with two attached hydrogens (primary N) is 1. The molecule has 2 unspecified atom stereocenters. The summed E-state index contributed by atoms with van der Waals surface area (Å²) in [5.74, 6) is 1.36. The van der Waals surface area contributed by atoms with Gasteiger partial charge in [-0.1, -0.05) is 25.5 Å². The van der Waals surface area contributed by atoms with Crippen LogP contribution >= 0.6 is 0 Å². The molecule has 0 saturated carbocycles.